The number of amides is 1. The summed E-state index contributed by atoms with van der Waals surface area (Å²) in [5, 5.41) is 16.7. The van der Waals surface area contributed by atoms with Gasteiger partial charge in [0.2, 0.25) is 5.91 Å². The Kier molecular flexibility index (Phi) is 10.7. The number of aldehydes is 1. The quantitative estimate of drug-likeness (QED) is 0.237. The van der Waals surface area contributed by atoms with E-state index in [2.05, 4.69) is 10.6 Å². The molecule has 3 unspecified atom stereocenters. The molecule has 0 aromatic heterocycles. The zero-order valence-corrected chi connectivity index (χ0v) is 21.0. The van der Waals surface area contributed by atoms with Crippen LogP contribution in [0.15, 0.2) is 84.9 Å². The number of nitrogens with one attached hydrogen (secondary N) is 2. The molecule has 3 atom stereocenters. The van der Waals surface area contributed by atoms with Gasteiger partial charge in [-0.1, -0.05) is 86.6 Å². The number of rotatable bonds is 14. The fourth-order valence-electron chi connectivity index (χ4n) is 3.93. The van der Waals surface area contributed by atoms with Gasteiger partial charge < -0.3 is 20.0 Å². The van der Waals surface area contributed by atoms with E-state index < -0.39 is 18.2 Å². The Labute approximate surface area is 213 Å². The van der Waals surface area contributed by atoms with Gasteiger partial charge in [0.1, 0.15) is 24.9 Å². The van der Waals surface area contributed by atoms with Crippen molar-refractivity contribution < 1.29 is 19.4 Å². The zero-order valence-electron chi connectivity index (χ0n) is 21.0. The lowest BCUT2D eigenvalue weighted by atomic mass is 9.96. The van der Waals surface area contributed by atoms with Gasteiger partial charge in [-0.25, -0.2) is 0 Å². The third-order valence-corrected chi connectivity index (χ3v) is 6.08. The SMILES string of the molecule is CC(C)C(NC(O)C(C=O)Cc1ccc(OCc2ccccc2)cc1)C(=O)NCCc1ccccc1. The summed E-state index contributed by atoms with van der Waals surface area (Å²) in [6.07, 6.45) is 0.657. The van der Waals surface area contributed by atoms with E-state index in [0.29, 0.717) is 19.6 Å². The number of ether oxygens (including phenoxy) is 1. The zero-order chi connectivity index (χ0) is 25.8. The molecule has 3 N–H and O–H groups in total. The topological polar surface area (TPSA) is 87.7 Å². The van der Waals surface area contributed by atoms with Crippen LogP contribution in [0.3, 0.4) is 0 Å². The van der Waals surface area contributed by atoms with Crippen LogP contribution in [-0.2, 0) is 29.0 Å². The number of hydrogen-bond donors (Lipinski definition) is 3. The summed E-state index contributed by atoms with van der Waals surface area (Å²) in [5.41, 5.74) is 3.12. The molecular formula is C30H36N2O4. The maximum atomic E-state index is 12.8. The highest BCUT2D eigenvalue weighted by Crippen LogP contribution is 2.18. The molecule has 1 amide bonds. The number of aliphatic hydroxyl groups excluding tert-OH is 1. The van der Waals surface area contributed by atoms with Crippen molar-refractivity contribution in [2.45, 2.75) is 45.6 Å². The number of benzene rings is 3. The smallest absolute Gasteiger partial charge is 0.237 e. The lowest BCUT2D eigenvalue weighted by molar-refractivity contribution is -0.127. The first-order valence-corrected chi connectivity index (χ1v) is 12.4. The van der Waals surface area contributed by atoms with E-state index in [4.69, 9.17) is 4.74 Å². The van der Waals surface area contributed by atoms with Crippen LogP contribution in [-0.4, -0.2) is 36.1 Å². The molecule has 0 aliphatic rings. The van der Waals surface area contributed by atoms with Crippen LogP contribution in [0.4, 0.5) is 0 Å². The second kappa shape index (κ2) is 14.2. The van der Waals surface area contributed by atoms with Gasteiger partial charge in [-0.05, 0) is 47.6 Å². The minimum Gasteiger partial charge on any atom is -0.489 e. The van der Waals surface area contributed by atoms with E-state index >= 15 is 0 Å². The molecule has 0 fully saturated rings. The molecule has 0 heterocycles. The van der Waals surface area contributed by atoms with Crippen molar-refractivity contribution in [2.24, 2.45) is 11.8 Å². The van der Waals surface area contributed by atoms with E-state index in [1.165, 1.54) is 0 Å². The van der Waals surface area contributed by atoms with Gasteiger partial charge in [0.05, 0.1) is 12.0 Å². The highest BCUT2D eigenvalue weighted by Gasteiger charge is 2.28. The molecule has 3 rings (SSSR count). The summed E-state index contributed by atoms with van der Waals surface area (Å²) in [6.45, 7) is 4.79. The molecule has 6 nitrogen and oxygen atoms in total. The third kappa shape index (κ3) is 8.63. The summed E-state index contributed by atoms with van der Waals surface area (Å²) in [4.78, 5) is 24.6. The Balaban J connectivity index is 1.50. The molecule has 0 spiro atoms. The van der Waals surface area contributed by atoms with Crippen LogP contribution in [0.5, 0.6) is 5.75 Å². The lowest BCUT2D eigenvalue weighted by Gasteiger charge is -2.27. The van der Waals surface area contributed by atoms with Gasteiger partial charge in [0, 0.05) is 6.54 Å². The predicted molar refractivity (Wildman–Crippen MR) is 141 cm³/mol. The van der Waals surface area contributed by atoms with Crippen molar-refractivity contribution >= 4 is 12.2 Å². The molecule has 0 saturated carbocycles. The first kappa shape index (κ1) is 27.1. The van der Waals surface area contributed by atoms with E-state index in [0.717, 1.165) is 35.1 Å². The van der Waals surface area contributed by atoms with Crippen molar-refractivity contribution in [3.8, 4) is 5.75 Å². The molecule has 36 heavy (non-hydrogen) atoms. The maximum Gasteiger partial charge on any atom is 0.237 e. The fourth-order valence-corrected chi connectivity index (χ4v) is 3.93. The summed E-state index contributed by atoms with van der Waals surface area (Å²) in [5.74, 6) is -0.218. The molecule has 3 aromatic carbocycles. The van der Waals surface area contributed by atoms with Crippen LogP contribution in [0, 0.1) is 11.8 Å². The van der Waals surface area contributed by atoms with E-state index in [1.807, 2.05) is 98.8 Å². The van der Waals surface area contributed by atoms with Crippen LogP contribution in [0.2, 0.25) is 0 Å². The number of carbonyl (C=O) groups excluding carboxylic acids is 2. The largest absolute Gasteiger partial charge is 0.489 e. The standard InChI is InChI=1S/C30H36N2O4/c1-22(2)28(30(35)31-18-17-23-9-5-3-6-10-23)32-29(34)26(20-33)19-24-13-15-27(16-14-24)36-21-25-11-7-4-8-12-25/h3-16,20,22,26,28-29,32,34H,17-19,21H2,1-2H3,(H,31,35). The fraction of sp³-hybridized carbons (Fsp3) is 0.333. The number of aliphatic hydroxyl groups is 1. The van der Waals surface area contributed by atoms with Crippen LogP contribution in [0.1, 0.15) is 30.5 Å². The number of carbonyl (C=O) groups is 2. The molecule has 6 heteroatoms. The molecule has 0 bridgehead atoms. The van der Waals surface area contributed by atoms with Gasteiger partial charge in [-0.2, -0.15) is 0 Å². The van der Waals surface area contributed by atoms with Gasteiger partial charge in [0.25, 0.3) is 0 Å². The highest BCUT2D eigenvalue weighted by molar-refractivity contribution is 5.82. The molecule has 0 aliphatic heterocycles. The Morgan fingerprint density at radius 2 is 1.50 bits per heavy atom. The van der Waals surface area contributed by atoms with Gasteiger partial charge in [-0.3, -0.25) is 10.1 Å². The van der Waals surface area contributed by atoms with E-state index in [1.54, 1.807) is 0 Å². The summed E-state index contributed by atoms with van der Waals surface area (Å²) >= 11 is 0. The van der Waals surface area contributed by atoms with Crippen molar-refractivity contribution in [2.75, 3.05) is 6.54 Å². The van der Waals surface area contributed by atoms with Crippen molar-refractivity contribution in [3.63, 3.8) is 0 Å². The summed E-state index contributed by atoms with van der Waals surface area (Å²) in [6, 6.07) is 26.7. The van der Waals surface area contributed by atoms with Crippen molar-refractivity contribution in [3.05, 3.63) is 102 Å². The molecule has 190 valence electrons. The van der Waals surface area contributed by atoms with Gasteiger partial charge >= 0.3 is 0 Å². The molecule has 0 radical (unpaired) electrons. The minimum atomic E-state index is -1.15. The minimum absolute atomic E-state index is 0.0651. The van der Waals surface area contributed by atoms with Gasteiger partial charge in [-0.15, -0.1) is 0 Å². The third-order valence-electron chi connectivity index (χ3n) is 6.08. The molecule has 0 aliphatic carbocycles. The van der Waals surface area contributed by atoms with E-state index in [9.17, 15) is 14.7 Å². The van der Waals surface area contributed by atoms with E-state index in [-0.39, 0.29) is 11.8 Å². The Hall–Kier alpha value is -3.48. The molecule has 0 saturated heterocycles. The Morgan fingerprint density at radius 1 is 0.889 bits per heavy atom. The normalized spacial score (nSPS) is 13.6. The monoisotopic (exact) mass is 488 g/mol. The first-order valence-electron chi connectivity index (χ1n) is 12.4. The average Bonchev–Trinajstić information content (AvgIpc) is 2.90. The van der Waals surface area contributed by atoms with Gasteiger partial charge in [0.15, 0.2) is 0 Å². The summed E-state index contributed by atoms with van der Waals surface area (Å²) in [7, 11) is 0. The number of hydrogen-bond acceptors (Lipinski definition) is 5. The molecule has 3 aromatic rings. The Morgan fingerprint density at radius 3 is 2.08 bits per heavy atom. The average molecular weight is 489 g/mol. The second-order valence-corrected chi connectivity index (χ2v) is 9.28. The summed E-state index contributed by atoms with van der Waals surface area (Å²) < 4.78 is 5.82. The Bertz CT molecular complexity index is 1060. The second-order valence-electron chi connectivity index (χ2n) is 9.28. The lowest BCUT2D eigenvalue weighted by Crippen LogP contribution is -2.53. The van der Waals surface area contributed by atoms with Crippen LogP contribution in [0.25, 0.3) is 0 Å². The maximum absolute atomic E-state index is 12.8. The first-order chi connectivity index (χ1) is 17.5. The van der Waals surface area contributed by atoms with Crippen molar-refractivity contribution in [1.29, 1.82) is 0 Å². The van der Waals surface area contributed by atoms with Crippen molar-refractivity contribution in [1.82, 2.24) is 10.6 Å². The highest BCUT2D eigenvalue weighted by atomic mass is 16.5. The predicted octanol–water partition coefficient (Wildman–Crippen LogP) is 3.91. The van der Waals surface area contributed by atoms with Crippen LogP contribution >= 0.6 is 0 Å². The van der Waals surface area contributed by atoms with Crippen LogP contribution < -0.4 is 15.4 Å². The molecular weight excluding hydrogens is 452 g/mol.